The zero-order valence-corrected chi connectivity index (χ0v) is 15.7. The second-order valence-electron chi connectivity index (χ2n) is 6.18. The van der Waals surface area contributed by atoms with Gasteiger partial charge < -0.3 is 9.73 Å². The average molecular weight is 387 g/mol. The molecule has 1 aromatic heterocycles. The summed E-state index contributed by atoms with van der Waals surface area (Å²) in [7, 11) is 0. The molecule has 0 saturated heterocycles. The minimum absolute atomic E-state index is 0.0756. The predicted molar refractivity (Wildman–Crippen MR) is 103 cm³/mol. The second-order valence-corrected chi connectivity index (χ2v) is 6.61. The number of benzene rings is 2. The fourth-order valence-corrected chi connectivity index (χ4v) is 2.94. The summed E-state index contributed by atoms with van der Waals surface area (Å²) in [5.41, 5.74) is 1.36. The highest BCUT2D eigenvalue weighted by Gasteiger charge is 2.15. The highest BCUT2D eigenvalue weighted by atomic mass is 35.5. The van der Waals surface area contributed by atoms with Crippen LogP contribution in [-0.4, -0.2) is 10.9 Å². The van der Waals surface area contributed by atoms with Gasteiger partial charge in [0.1, 0.15) is 5.82 Å². The fraction of sp³-hybridized carbons (Fsp3) is 0.238. The van der Waals surface area contributed by atoms with Gasteiger partial charge in [0.25, 0.3) is 0 Å². The number of halogens is 2. The van der Waals surface area contributed by atoms with Crippen molar-refractivity contribution in [1.29, 1.82) is 0 Å². The first kappa shape index (κ1) is 19.1. The van der Waals surface area contributed by atoms with Gasteiger partial charge >= 0.3 is 0 Å². The molecule has 0 spiro atoms. The van der Waals surface area contributed by atoms with E-state index in [-0.39, 0.29) is 24.2 Å². The van der Waals surface area contributed by atoms with Crippen molar-refractivity contribution in [1.82, 2.24) is 10.3 Å². The molecule has 6 heteroatoms. The minimum Gasteiger partial charge on any atom is -0.441 e. The topological polar surface area (TPSA) is 55.1 Å². The molecule has 2 aromatic carbocycles. The summed E-state index contributed by atoms with van der Waals surface area (Å²) in [6, 6.07) is 13.7. The zero-order valence-electron chi connectivity index (χ0n) is 14.9. The number of carbonyl (C=O) groups excluding carboxylic acids is 1. The highest BCUT2D eigenvalue weighted by molar-refractivity contribution is 6.30. The molecule has 3 rings (SSSR count). The van der Waals surface area contributed by atoms with Crippen LogP contribution in [0, 0.1) is 5.82 Å². The van der Waals surface area contributed by atoms with E-state index in [1.165, 1.54) is 12.3 Å². The van der Waals surface area contributed by atoms with Crippen LogP contribution in [0.1, 0.15) is 37.3 Å². The quantitative estimate of drug-likeness (QED) is 0.596. The molecule has 0 aliphatic rings. The summed E-state index contributed by atoms with van der Waals surface area (Å²) < 4.78 is 19.4. The lowest BCUT2D eigenvalue weighted by Crippen LogP contribution is -2.28. The number of hydrogen-bond acceptors (Lipinski definition) is 3. The highest BCUT2D eigenvalue weighted by Crippen LogP contribution is 2.24. The third-order valence-corrected chi connectivity index (χ3v) is 4.53. The van der Waals surface area contributed by atoms with Crippen molar-refractivity contribution >= 4 is 17.5 Å². The lowest BCUT2D eigenvalue weighted by Gasteiger charge is -2.17. The maximum absolute atomic E-state index is 13.8. The Hall–Kier alpha value is -2.66. The number of carbonyl (C=O) groups is 1. The largest absolute Gasteiger partial charge is 0.441 e. The molecule has 140 valence electrons. The maximum atomic E-state index is 13.8. The molecule has 0 saturated carbocycles. The van der Waals surface area contributed by atoms with Crippen LogP contribution in [0.4, 0.5) is 4.39 Å². The second kappa shape index (κ2) is 8.82. The van der Waals surface area contributed by atoms with Crippen LogP contribution >= 0.6 is 11.6 Å². The Balaban J connectivity index is 1.57. The van der Waals surface area contributed by atoms with Crippen LogP contribution in [0.15, 0.2) is 59.1 Å². The van der Waals surface area contributed by atoms with E-state index in [9.17, 15) is 9.18 Å². The van der Waals surface area contributed by atoms with Gasteiger partial charge in [-0.3, -0.25) is 4.79 Å². The van der Waals surface area contributed by atoms with Crippen LogP contribution in [0.5, 0.6) is 0 Å². The predicted octanol–water partition coefficient (Wildman–Crippen LogP) is 5.33. The minimum atomic E-state index is -0.369. The van der Waals surface area contributed by atoms with Crippen molar-refractivity contribution in [2.75, 3.05) is 0 Å². The first-order valence-electron chi connectivity index (χ1n) is 8.81. The Kier molecular flexibility index (Phi) is 6.24. The summed E-state index contributed by atoms with van der Waals surface area (Å²) in [5.74, 6) is 0.299. The molecule has 1 N–H and O–H groups in total. The summed E-state index contributed by atoms with van der Waals surface area (Å²) in [4.78, 5) is 16.4. The Labute approximate surface area is 162 Å². The monoisotopic (exact) mass is 386 g/mol. The lowest BCUT2D eigenvalue weighted by molar-refractivity contribution is -0.121. The Morgan fingerprint density at radius 2 is 1.96 bits per heavy atom. The third kappa shape index (κ3) is 4.95. The van der Waals surface area contributed by atoms with Gasteiger partial charge in [-0.2, -0.15) is 0 Å². The van der Waals surface area contributed by atoms with Crippen molar-refractivity contribution in [3.05, 3.63) is 77.0 Å². The van der Waals surface area contributed by atoms with Crippen molar-refractivity contribution in [3.8, 4) is 11.3 Å². The molecule has 4 nitrogen and oxygen atoms in total. The molecular weight excluding hydrogens is 367 g/mol. The van der Waals surface area contributed by atoms with Crippen LogP contribution < -0.4 is 5.32 Å². The summed E-state index contributed by atoms with van der Waals surface area (Å²) >= 11 is 5.91. The molecule has 0 radical (unpaired) electrons. The number of rotatable bonds is 7. The number of oxazole rings is 1. The number of aromatic nitrogens is 1. The lowest BCUT2D eigenvalue weighted by atomic mass is 10.0. The van der Waals surface area contributed by atoms with Gasteiger partial charge in [-0.1, -0.05) is 42.8 Å². The molecule has 1 heterocycles. The molecule has 1 atom stereocenters. The fourth-order valence-electron chi connectivity index (χ4n) is 2.81. The number of aryl methyl sites for hydroxylation is 1. The standard InChI is InChI=1S/C21H20ClFN2O2/c1-2-18(14-7-9-15(22)10-8-14)25-20(26)11-12-21-24-13-19(27-21)16-5-3-4-6-17(16)23/h3-10,13,18H,2,11-12H2,1H3,(H,25,26). The molecule has 0 aliphatic heterocycles. The van der Waals surface area contributed by atoms with E-state index < -0.39 is 0 Å². The van der Waals surface area contributed by atoms with E-state index >= 15 is 0 Å². The summed E-state index contributed by atoms with van der Waals surface area (Å²) in [6.07, 6.45) is 2.83. The Bertz CT molecular complexity index is 909. The smallest absolute Gasteiger partial charge is 0.220 e. The van der Waals surface area contributed by atoms with E-state index in [0.29, 0.717) is 28.7 Å². The third-order valence-electron chi connectivity index (χ3n) is 4.27. The van der Waals surface area contributed by atoms with Crippen LogP contribution in [0.25, 0.3) is 11.3 Å². The van der Waals surface area contributed by atoms with Gasteiger partial charge in [-0.05, 0) is 36.2 Å². The molecule has 0 bridgehead atoms. The van der Waals surface area contributed by atoms with E-state index in [1.54, 1.807) is 18.2 Å². The van der Waals surface area contributed by atoms with E-state index in [0.717, 1.165) is 12.0 Å². The van der Waals surface area contributed by atoms with Gasteiger partial charge in [-0.25, -0.2) is 9.37 Å². The average Bonchev–Trinajstić information content (AvgIpc) is 3.14. The summed E-state index contributed by atoms with van der Waals surface area (Å²) in [6.45, 7) is 2.01. The Morgan fingerprint density at radius 1 is 1.22 bits per heavy atom. The number of amides is 1. The van der Waals surface area contributed by atoms with Crippen LogP contribution in [0.3, 0.4) is 0 Å². The Morgan fingerprint density at radius 3 is 2.67 bits per heavy atom. The van der Waals surface area contributed by atoms with Crippen molar-refractivity contribution in [2.24, 2.45) is 0 Å². The number of nitrogens with one attached hydrogen (secondary N) is 1. The first-order valence-corrected chi connectivity index (χ1v) is 9.19. The molecule has 1 unspecified atom stereocenters. The van der Waals surface area contributed by atoms with E-state index in [2.05, 4.69) is 10.3 Å². The van der Waals surface area contributed by atoms with Gasteiger partial charge in [0, 0.05) is 17.9 Å². The van der Waals surface area contributed by atoms with Crippen molar-refractivity contribution in [3.63, 3.8) is 0 Å². The summed E-state index contributed by atoms with van der Waals surface area (Å²) in [5, 5.41) is 3.67. The molecule has 27 heavy (non-hydrogen) atoms. The van der Waals surface area contributed by atoms with Crippen molar-refractivity contribution in [2.45, 2.75) is 32.2 Å². The van der Waals surface area contributed by atoms with Gasteiger partial charge in [0.05, 0.1) is 17.8 Å². The van der Waals surface area contributed by atoms with Gasteiger partial charge in [-0.15, -0.1) is 0 Å². The molecule has 3 aromatic rings. The molecule has 0 aliphatic carbocycles. The van der Waals surface area contributed by atoms with Crippen LogP contribution in [-0.2, 0) is 11.2 Å². The van der Waals surface area contributed by atoms with Gasteiger partial charge in [0.2, 0.25) is 5.91 Å². The molecule has 0 fully saturated rings. The number of nitrogens with zero attached hydrogens (tertiary/aromatic N) is 1. The van der Waals surface area contributed by atoms with Crippen molar-refractivity contribution < 1.29 is 13.6 Å². The molecular formula is C21H20ClFN2O2. The van der Waals surface area contributed by atoms with Gasteiger partial charge in [0.15, 0.2) is 11.7 Å². The number of hydrogen-bond donors (Lipinski definition) is 1. The van der Waals surface area contributed by atoms with Crippen LogP contribution in [0.2, 0.25) is 5.02 Å². The molecule has 1 amide bonds. The normalized spacial score (nSPS) is 12.0. The van der Waals surface area contributed by atoms with E-state index in [4.69, 9.17) is 16.0 Å². The maximum Gasteiger partial charge on any atom is 0.220 e. The SMILES string of the molecule is CCC(NC(=O)CCc1ncc(-c2ccccc2F)o1)c1ccc(Cl)cc1. The zero-order chi connectivity index (χ0) is 19.2. The van der Waals surface area contributed by atoms with E-state index in [1.807, 2.05) is 31.2 Å². The first-order chi connectivity index (χ1) is 13.1.